The molecular weight excluding hydrogens is 395 g/mol. The molecule has 6 heteroatoms. The molecule has 0 unspecified atom stereocenters. The van der Waals surface area contributed by atoms with E-state index >= 15 is 0 Å². The Bertz CT molecular complexity index is 1070. The van der Waals surface area contributed by atoms with Gasteiger partial charge < -0.3 is 15.5 Å². The Labute approximate surface area is 180 Å². The Morgan fingerprint density at radius 1 is 1.17 bits per heavy atom. The fraction of sp³-hybridized carbons (Fsp3) is 0.292. The molecule has 0 radical (unpaired) electrons. The van der Waals surface area contributed by atoms with Gasteiger partial charge in [-0.05, 0) is 55.7 Å². The minimum atomic E-state index is -0.178. The second-order valence-corrected chi connectivity index (χ2v) is 9.20. The molecule has 1 atom stereocenters. The van der Waals surface area contributed by atoms with Crippen LogP contribution in [0.2, 0.25) is 0 Å². The lowest BCUT2D eigenvalue weighted by Gasteiger charge is -2.36. The molecule has 30 heavy (non-hydrogen) atoms. The number of benzene rings is 2. The van der Waals surface area contributed by atoms with E-state index in [-0.39, 0.29) is 5.82 Å². The lowest BCUT2D eigenvalue weighted by Crippen LogP contribution is -2.52. The van der Waals surface area contributed by atoms with Crippen molar-refractivity contribution in [3.63, 3.8) is 0 Å². The zero-order valence-corrected chi connectivity index (χ0v) is 17.8. The summed E-state index contributed by atoms with van der Waals surface area (Å²) in [6, 6.07) is 17.7. The topological polar surface area (TPSA) is 39.7 Å². The van der Waals surface area contributed by atoms with Gasteiger partial charge in [0.15, 0.2) is 0 Å². The normalized spacial score (nSPS) is 18.1. The van der Waals surface area contributed by atoms with E-state index in [1.807, 2.05) is 24.3 Å². The predicted octanol–water partition coefficient (Wildman–Crippen LogP) is 5.24. The highest BCUT2D eigenvalue weighted by Crippen LogP contribution is 2.39. The van der Waals surface area contributed by atoms with Crippen molar-refractivity contribution in [1.82, 2.24) is 10.2 Å². The second kappa shape index (κ2) is 8.20. The maximum absolute atomic E-state index is 13.2. The van der Waals surface area contributed by atoms with Crippen LogP contribution < -0.4 is 10.6 Å². The van der Waals surface area contributed by atoms with Crippen LogP contribution in [-0.4, -0.2) is 36.4 Å². The van der Waals surface area contributed by atoms with Crippen LogP contribution in [0.4, 0.5) is 20.8 Å². The summed E-state index contributed by atoms with van der Waals surface area (Å²) in [7, 11) is 0. The van der Waals surface area contributed by atoms with Crippen LogP contribution in [0.15, 0.2) is 59.6 Å². The molecule has 0 aliphatic carbocycles. The van der Waals surface area contributed by atoms with Crippen LogP contribution in [-0.2, 0) is 6.42 Å². The van der Waals surface area contributed by atoms with Gasteiger partial charge in [-0.15, -0.1) is 11.3 Å². The van der Waals surface area contributed by atoms with Gasteiger partial charge in [0.25, 0.3) is 0 Å². The van der Waals surface area contributed by atoms with Gasteiger partial charge in [-0.2, -0.15) is 0 Å². The van der Waals surface area contributed by atoms with Crippen molar-refractivity contribution < 1.29 is 4.39 Å². The summed E-state index contributed by atoms with van der Waals surface area (Å²) in [5.41, 5.74) is 4.40. The minimum absolute atomic E-state index is 0.178. The number of anilines is 2. The Morgan fingerprint density at radius 3 is 2.87 bits per heavy atom. The SMILES string of the molecule is Cc1cc2c(s1)Nc1ccccc1N=C2N1CCN[C@@H](CCc2ccc(F)cc2)C1. The van der Waals surface area contributed by atoms with Crippen molar-refractivity contribution in [2.45, 2.75) is 25.8 Å². The number of piperazine rings is 1. The number of halogens is 1. The fourth-order valence-electron chi connectivity index (χ4n) is 4.19. The third kappa shape index (κ3) is 3.98. The van der Waals surface area contributed by atoms with E-state index < -0.39 is 0 Å². The van der Waals surface area contributed by atoms with Crippen molar-refractivity contribution in [2.75, 3.05) is 25.0 Å². The van der Waals surface area contributed by atoms with Gasteiger partial charge in [-0.1, -0.05) is 24.3 Å². The Kier molecular flexibility index (Phi) is 5.27. The first-order valence-corrected chi connectivity index (χ1v) is 11.3. The third-order valence-corrected chi connectivity index (χ3v) is 6.69. The number of amidine groups is 1. The smallest absolute Gasteiger partial charge is 0.139 e. The fourth-order valence-corrected chi connectivity index (χ4v) is 5.11. The molecular formula is C24H25FN4S. The predicted molar refractivity (Wildman–Crippen MR) is 123 cm³/mol. The first-order chi connectivity index (χ1) is 14.7. The van der Waals surface area contributed by atoms with E-state index in [1.54, 1.807) is 23.5 Å². The van der Waals surface area contributed by atoms with Gasteiger partial charge in [0, 0.05) is 30.6 Å². The largest absolute Gasteiger partial charge is 0.353 e. The third-order valence-electron chi connectivity index (χ3n) is 5.72. The number of nitrogens with zero attached hydrogens (tertiary/aromatic N) is 2. The summed E-state index contributed by atoms with van der Waals surface area (Å²) >= 11 is 1.78. The molecule has 2 aliphatic rings. The number of thiophene rings is 1. The van der Waals surface area contributed by atoms with Crippen LogP contribution >= 0.6 is 11.3 Å². The molecule has 2 aliphatic heterocycles. The molecule has 1 fully saturated rings. The average molecular weight is 421 g/mol. The quantitative estimate of drug-likeness (QED) is 0.609. The van der Waals surface area contributed by atoms with Gasteiger partial charge >= 0.3 is 0 Å². The van der Waals surface area contributed by atoms with E-state index in [0.29, 0.717) is 6.04 Å². The van der Waals surface area contributed by atoms with Gasteiger partial charge in [0.1, 0.15) is 16.7 Å². The maximum Gasteiger partial charge on any atom is 0.139 e. The molecule has 1 saturated heterocycles. The second-order valence-electron chi connectivity index (χ2n) is 7.94. The highest BCUT2D eigenvalue weighted by Gasteiger charge is 2.27. The highest BCUT2D eigenvalue weighted by molar-refractivity contribution is 7.16. The van der Waals surface area contributed by atoms with Gasteiger partial charge in [0.2, 0.25) is 0 Å². The Balaban J connectivity index is 1.38. The highest BCUT2D eigenvalue weighted by atomic mass is 32.1. The van der Waals surface area contributed by atoms with Gasteiger partial charge in [0.05, 0.1) is 16.9 Å². The molecule has 1 aromatic heterocycles. The van der Waals surface area contributed by atoms with Crippen molar-refractivity contribution >= 4 is 33.5 Å². The summed E-state index contributed by atoms with van der Waals surface area (Å²) < 4.78 is 13.2. The number of nitrogens with one attached hydrogen (secondary N) is 2. The van der Waals surface area contributed by atoms with Crippen molar-refractivity contribution in [3.8, 4) is 0 Å². The lowest BCUT2D eigenvalue weighted by molar-refractivity contribution is 0.282. The molecule has 4 nitrogen and oxygen atoms in total. The summed E-state index contributed by atoms with van der Waals surface area (Å²) in [4.78, 5) is 8.79. The molecule has 2 N–H and O–H groups in total. The van der Waals surface area contributed by atoms with Gasteiger partial charge in [-0.3, -0.25) is 0 Å². The van der Waals surface area contributed by atoms with E-state index in [0.717, 1.165) is 54.7 Å². The molecule has 0 amide bonds. The van der Waals surface area contributed by atoms with E-state index in [2.05, 4.69) is 40.7 Å². The number of rotatable bonds is 3. The number of fused-ring (bicyclic) bond motifs is 2. The summed E-state index contributed by atoms with van der Waals surface area (Å²) in [5, 5.41) is 8.40. The molecule has 5 rings (SSSR count). The van der Waals surface area contributed by atoms with E-state index in [1.165, 1.54) is 16.0 Å². The maximum atomic E-state index is 13.2. The standard InChI is InChI=1S/C24H25FN4S/c1-16-14-20-23(27-21-4-2-3-5-22(21)28-24(20)30-16)29-13-12-26-19(15-29)11-8-17-6-9-18(25)10-7-17/h2-7,9-10,14,19,26,28H,8,11-13,15H2,1H3/t19-/m0/s1. The van der Waals surface area contributed by atoms with Crippen molar-refractivity contribution in [1.29, 1.82) is 0 Å². The first-order valence-electron chi connectivity index (χ1n) is 10.4. The van der Waals surface area contributed by atoms with E-state index in [9.17, 15) is 4.39 Å². The molecule has 3 heterocycles. The molecule has 0 bridgehead atoms. The minimum Gasteiger partial charge on any atom is -0.353 e. The molecule has 3 aromatic rings. The average Bonchev–Trinajstić information content (AvgIpc) is 3.05. The number of aliphatic imine (C=N–C) groups is 1. The summed E-state index contributed by atoms with van der Waals surface area (Å²) in [6.07, 6.45) is 1.95. The first kappa shape index (κ1) is 19.3. The zero-order valence-electron chi connectivity index (χ0n) is 17.0. The monoisotopic (exact) mass is 420 g/mol. The zero-order chi connectivity index (χ0) is 20.5. The molecule has 0 spiro atoms. The summed E-state index contributed by atoms with van der Waals surface area (Å²) in [6.45, 7) is 4.92. The molecule has 154 valence electrons. The van der Waals surface area contributed by atoms with E-state index in [4.69, 9.17) is 4.99 Å². The van der Waals surface area contributed by atoms with Crippen LogP contribution in [0.3, 0.4) is 0 Å². The summed E-state index contributed by atoms with van der Waals surface area (Å²) in [5.74, 6) is 0.878. The molecule has 2 aromatic carbocycles. The van der Waals surface area contributed by atoms with Crippen LogP contribution in [0, 0.1) is 12.7 Å². The van der Waals surface area contributed by atoms with Crippen LogP contribution in [0.5, 0.6) is 0 Å². The van der Waals surface area contributed by atoms with Crippen LogP contribution in [0.25, 0.3) is 0 Å². The van der Waals surface area contributed by atoms with Crippen LogP contribution in [0.1, 0.15) is 22.4 Å². The number of para-hydroxylation sites is 2. The van der Waals surface area contributed by atoms with Crippen molar-refractivity contribution in [2.24, 2.45) is 4.99 Å². The number of hydrogen-bond donors (Lipinski definition) is 2. The number of aryl methyl sites for hydroxylation is 2. The van der Waals surface area contributed by atoms with Crippen molar-refractivity contribution in [3.05, 3.63) is 76.4 Å². The molecule has 0 saturated carbocycles. The Hall–Kier alpha value is -2.70. The lowest BCUT2D eigenvalue weighted by atomic mass is 10.0. The Morgan fingerprint density at radius 2 is 2.00 bits per heavy atom. The van der Waals surface area contributed by atoms with Gasteiger partial charge in [-0.25, -0.2) is 9.38 Å². The number of hydrogen-bond acceptors (Lipinski definition) is 5.